The molecule has 1 fully saturated rings. The van der Waals surface area contributed by atoms with Gasteiger partial charge in [0, 0.05) is 11.8 Å². The summed E-state index contributed by atoms with van der Waals surface area (Å²) in [6.07, 6.45) is 0. The highest BCUT2D eigenvalue weighted by Crippen LogP contribution is 2.67. The molecule has 0 bridgehead atoms. The zero-order valence-electron chi connectivity index (χ0n) is 2.92. The standard InChI is InChI=1S/C2F4S/c3-1(4)2(5,6)7-1. The van der Waals surface area contributed by atoms with Crippen LogP contribution in [-0.2, 0) is 0 Å². The maximum Gasteiger partial charge on any atom is 0.371 e. The summed E-state index contributed by atoms with van der Waals surface area (Å²) in [4.78, 5) is 0. The Labute approximate surface area is 40.9 Å². The fraction of sp³-hybridized carbons (Fsp3) is 1.00. The number of hydrogen-bond donors (Lipinski definition) is 0. The number of halogens is 4. The zero-order chi connectivity index (χ0) is 5.71. The summed E-state index contributed by atoms with van der Waals surface area (Å²) in [6.45, 7) is 0. The summed E-state index contributed by atoms with van der Waals surface area (Å²) < 4.78 is 44.5. The van der Waals surface area contributed by atoms with Crippen molar-refractivity contribution in [1.82, 2.24) is 0 Å². The van der Waals surface area contributed by atoms with E-state index in [1.165, 1.54) is 0 Å². The van der Waals surface area contributed by atoms with E-state index in [-0.39, 0.29) is 0 Å². The van der Waals surface area contributed by atoms with Crippen molar-refractivity contribution >= 4 is 11.8 Å². The largest absolute Gasteiger partial charge is 0.371 e. The van der Waals surface area contributed by atoms with Crippen LogP contribution in [0, 0.1) is 0 Å². The quantitative estimate of drug-likeness (QED) is 0.358. The van der Waals surface area contributed by atoms with Crippen molar-refractivity contribution in [3.05, 3.63) is 0 Å². The third kappa shape index (κ3) is 0.589. The van der Waals surface area contributed by atoms with Crippen molar-refractivity contribution in [3.8, 4) is 0 Å². The molecule has 0 saturated carbocycles. The molecule has 42 valence electrons. The first-order valence-corrected chi connectivity index (χ1v) is 2.23. The SMILES string of the molecule is FC1(F)SC1(F)F. The Morgan fingerprint density at radius 2 is 1.00 bits per heavy atom. The van der Waals surface area contributed by atoms with Crippen molar-refractivity contribution in [2.24, 2.45) is 0 Å². The van der Waals surface area contributed by atoms with E-state index in [2.05, 4.69) is 0 Å². The van der Waals surface area contributed by atoms with Crippen LogP contribution >= 0.6 is 11.8 Å². The van der Waals surface area contributed by atoms with E-state index in [0.717, 1.165) is 0 Å². The van der Waals surface area contributed by atoms with Crippen molar-refractivity contribution < 1.29 is 17.6 Å². The zero-order valence-corrected chi connectivity index (χ0v) is 3.74. The second kappa shape index (κ2) is 0.913. The van der Waals surface area contributed by atoms with Crippen molar-refractivity contribution in [2.45, 2.75) is 10.5 Å². The molecule has 0 aromatic carbocycles. The summed E-state index contributed by atoms with van der Waals surface area (Å²) >= 11 is -0.616. The average Bonchev–Trinajstić information content (AvgIpc) is 1.63. The Hall–Kier alpha value is 0.0700. The predicted molar refractivity (Wildman–Crippen MR) is 17.5 cm³/mol. The molecule has 1 aliphatic rings. The van der Waals surface area contributed by atoms with E-state index in [4.69, 9.17) is 0 Å². The van der Waals surface area contributed by atoms with Crippen LogP contribution < -0.4 is 0 Å². The maximum atomic E-state index is 11.1. The van der Waals surface area contributed by atoms with Crippen molar-refractivity contribution in [2.75, 3.05) is 0 Å². The van der Waals surface area contributed by atoms with Gasteiger partial charge in [-0.05, 0) is 0 Å². The molecular weight excluding hydrogens is 132 g/mol. The summed E-state index contributed by atoms with van der Waals surface area (Å²) in [5.41, 5.74) is 0. The van der Waals surface area contributed by atoms with Gasteiger partial charge in [-0.1, -0.05) is 0 Å². The molecule has 0 aromatic heterocycles. The number of alkyl halides is 4. The molecule has 7 heavy (non-hydrogen) atoms. The van der Waals surface area contributed by atoms with Gasteiger partial charge in [-0.15, -0.1) is 0 Å². The van der Waals surface area contributed by atoms with Gasteiger partial charge in [0.2, 0.25) is 0 Å². The number of thioether (sulfide) groups is 1. The predicted octanol–water partition coefficient (Wildman–Crippen LogP) is 1.92. The van der Waals surface area contributed by atoms with E-state index < -0.39 is 22.3 Å². The average molecular weight is 132 g/mol. The van der Waals surface area contributed by atoms with Crippen LogP contribution in [0.25, 0.3) is 0 Å². The second-order valence-corrected chi connectivity index (χ2v) is 2.37. The van der Waals surface area contributed by atoms with Gasteiger partial charge in [0.1, 0.15) is 0 Å². The minimum Gasteiger partial charge on any atom is -0.186 e. The maximum absolute atomic E-state index is 11.1. The second-order valence-electron chi connectivity index (χ2n) is 1.14. The third-order valence-electron chi connectivity index (χ3n) is 0.554. The first kappa shape index (κ1) is 5.21. The summed E-state index contributed by atoms with van der Waals surface area (Å²) in [7, 11) is 0. The van der Waals surface area contributed by atoms with Gasteiger partial charge in [-0.2, -0.15) is 17.6 Å². The monoisotopic (exact) mass is 132 g/mol. The molecule has 5 heteroatoms. The van der Waals surface area contributed by atoms with E-state index >= 15 is 0 Å². The highest BCUT2D eigenvalue weighted by Gasteiger charge is 2.77. The molecule has 0 spiro atoms. The Morgan fingerprint density at radius 1 is 0.857 bits per heavy atom. The number of rotatable bonds is 0. The molecule has 0 amide bonds. The van der Waals surface area contributed by atoms with Crippen LogP contribution in [0.3, 0.4) is 0 Å². The van der Waals surface area contributed by atoms with E-state index in [1.54, 1.807) is 0 Å². The lowest BCUT2D eigenvalue weighted by atomic mass is 10.8. The molecule has 0 aliphatic carbocycles. The molecule has 1 rings (SSSR count). The van der Waals surface area contributed by atoms with Gasteiger partial charge in [0.15, 0.2) is 0 Å². The number of hydrogen-bond acceptors (Lipinski definition) is 1. The van der Waals surface area contributed by atoms with Gasteiger partial charge in [-0.25, -0.2) is 0 Å². The molecular formula is C2F4S. The normalized spacial score (nSPS) is 32.6. The highest BCUT2D eigenvalue weighted by molar-refractivity contribution is 8.08. The first-order chi connectivity index (χ1) is 2.96. The molecule has 1 aliphatic heterocycles. The summed E-state index contributed by atoms with van der Waals surface area (Å²) in [6, 6.07) is 0. The molecule has 0 radical (unpaired) electrons. The van der Waals surface area contributed by atoms with Crippen molar-refractivity contribution in [1.29, 1.82) is 0 Å². The smallest absolute Gasteiger partial charge is 0.186 e. The minimum absolute atomic E-state index is 0.616. The van der Waals surface area contributed by atoms with Crippen LogP contribution in [0.4, 0.5) is 17.6 Å². The molecule has 0 atom stereocenters. The fourth-order valence-electron chi connectivity index (χ4n) is 0.135. The molecule has 0 nitrogen and oxygen atoms in total. The Balaban J connectivity index is 2.59. The van der Waals surface area contributed by atoms with Crippen molar-refractivity contribution in [3.63, 3.8) is 0 Å². The first-order valence-electron chi connectivity index (χ1n) is 1.41. The van der Waals surface area contributed by atoms with Crippen LogP contribution in [0.15, 0.2) is 0 Å². The lowest BCUT2D eigenvalue weighted by Gasteiger charge is -1.84. The Bertz CT molecular complexity index is 85.9. The van der Waals surface area contributed by atoms with Crippen LogP contribution in [-0.4, -0.2) is 10.5 Å². The third-order valence-corrected chi connectivity index (χ3v) is 1.37. The summed E-state index contributed by atoms with van der Waals surface area (Å²) in [5, 5.41) is -7.54. The lowest BCUT2D eigenvalue weighted by molar-refractivity contribution is -0.0278. The van der Waals surface area contributed by atoms with Gasteiger partial charge in [0.05, 0.1) is 0 Å². The molecule has 1 heterocycles. The van der Waals surface area contributed by atoms with E-state index in [0.29, 0.717) is 0 Å². The van der Waals surface area contributed by atoms with Gasteiger partial charge in [0.25, 0.3) is 0 Å². The van der Waals surface area contributed by atoms with Gasteiger partial charge >= 0.3 is 10.5 Å². The molecule has 0 N–H and O–H groups in total. The Morgan fingerprint density at radius 3 is 1.00 bits per heavy atom. The van der Waals surface area contributed by atoms with Gasteiger partial charge < -0.3 is 0 Å². The molecule has 0 unspecified atom stereocenters. The molecule has 0 aromatic rings. The van der Waals surface area contributed by atoms with Gasteiger partial charge in [-0.3, -0.25) is 0 Å². The fourth-order valence-corrected chi connectivity index (χ4v) is 0.406. The van der Waals surface area contributed by atoms with E-state index in [1.807, 2.05) is 0 Å². The summed E-state index contributed by atoms with van der Waals surface area (Å²) in [5.74, 6) is 0. The van der Waals surface area contributed by atoms with E-state index in [9.17, 15) is 17.6 Å². The lowest BCUT2D eigenvalue weighted by Crippen LogP contribution is -2.02. The topological polar surface area (TPSA) is 0 Å². The Kier molecular flexibility index (Phi) is 0.680. The molecule has 1 saturated heterocycles. The van der Waals surface area contributed by atoms with Crippen LogP contribution in [0.2, 0.25) is 0 Å². The minimum atomic E-state index is -3.77. The van der Waals surface area contributed by atoms with Crippen LogP contribution in [0.1, 0.15) is 0 Å². The van der Waals surface area contributed by atoms with Crippen LogP contribution in [0.5, 0.6) is 0 Å². The highest BCUT2D eigenvalue weighted by atomic mass is 32.2.